The van der Waals surface area contributed by atoms with Crippen LogP contribution in [0.15, 0.2) is 53.7 Å². The molecule has 39 heavy (non-hydrogen) atoms. The Morgan fingerprint density at radius 2 is 1.72 bits per heavy atom. The van der Waals surface area contributed by atoms with Gasteiger partial charge >= 0.3 is 6.09 Å². The third kappa shape index (κ3) is 5.17. The van der Waals surface area contributed by atoms with Crippen molar-refractivity contribution in [2.24, 2.45) is 11.8 Å². The van der Waals surface area contributed by atoms with Crippen LogP contribution in [0.2, 0.25) is 0 Å². The number of nitrogens with zero attached hydrogens (tertiary/aromatic N) is 5. The summed E-state index contributed by atoms with van der Waals surface area (Å²) in [5.74, 6) is 0.148. The van der Waals surface area contributed by atoms with E-state index in [1.165, 1.54) is 28.6 Å². The van der Waals surface area contributed by atoms with Crippen molar-refractivity contribution < 1.29 is 19.8 Å². The highest BCUT2D eigenvalue weighted by atomic mass is 16.4. The molecule has 10 nitrogen and oxygen atoms in total. The molecule has 1 aromatic carbocycles. The lowest BCUT2D eigenvalue weighted by molar-refractivity contribution is -0.142. The molecular formula is C29H35N5O5. The molecule has 2 saturated heterocycles. The van der Waals surface area contributed by atoms with Gasteiger partial charge in [-0.3, -0.25) is 14.2 Å². The Labute approximate surface area is 226 Å². The van der Waals surface area contributed by atoms with Crippen LogP contribution in [-0.4, -0.2) is 77.9 Å². The van der Waals surface area contributed by atoms with Crippen molar-refractivity contribution in [3.8, 4) is 0 Å². The average molecular weight is 534 g/mol. The maximum absolute atomic E-state index is 13.7. The van der Waals surface area contributed by atoms with Crippen LogP contribution in [0.4, 0.5) is 4.79 Å². The van der Waals surface area contributed by atoms with E-state index >= 15 is 0 Å². The fraction of sp³-hybridized carbons (Fsp3) is 0.517. The second kappa shape index (κ2) is 10.1. The number of fused-ring (bicyclic) bond motifs is 1. The van der Waals surface area contributed by atoms with E-state index in [1.54, 1.807) is 4.90 Å². The molecule has 6 rings (SSSR count). The van der Waals surface area contributed by atoms with Gasteiger partial charge in [0.2, 0.25) is 5.91 Å². The molecule has 2 N–H and O–H groups in total. The van der Waals surface area contributed by atoms with Crippen molar-refractivity contribution in [2.45, 2.75) is 56.7 Å². The number of carboxylic acid groups (broad SMARTS) is 1. The molecule has 2 amide bonds. The zero-order valence-electron chi connectivity index (χ0n) is 22.0. The molecule has 2 aliphatic heterocycles. The van der Waals surface area contributed by atoms with E-state index in [4.69, 9.17) is 0 Å². The maximum atomic E-state index is 13.7. The van der Waals surface area contributed by atoms with Crippen molar-refractivity contribution in [2.75, 3.05) is 26.2 Å². The molecule has 1 aliphatic carbocycles. The van der Waals surface area contributed by atoms with Gasteiger partial charge in [-0.1, -0.05) is 30.3 Å². The summed E-state index contributed by atoms with van der Waals surface area (Å²) in [6.45, 7) is 2.40. The predicted octanol–water partition coefficient (Wildman–Crippen LogP) is 2.75. The van der Waals surface area contributed by atoms with Crippen LogP contribution in [-0.2, 0) is 17.9 Å². The number of aromatic nitrogens is 3. The van der Waals surface area contributed by atoms with E-state index in [9.17, 15) is 24.6 Å². The van der Waals surface area contributed by atoms with Crippen molar-refractivity contribution in [3.05, 3.63) is 64.8 Å². The van der Waals surface area contributed by atoms with Crippen LogP contribution in [0.25, 0.3) is 11.0 Å². The number of hydrogen-bond donors (Lipinski definition) is 2. The van der Waals surface area contributed by atoms with Crippen LogP contribution in [0, 0.1) is 11.8 Å². The minimum Gasteiger partial charge on any atom is -0.465 e. The molecule has 0 unspecified atom stereocenters. The number of piperidine rings is 2. The van der Waals surface area contributed by atoms with Crippen LogP contribution >= 0.6 is 0 Å². The van der Waals surface area contributed by atoms with Gasteiger partial charge in [0.15, 0.2) is 0 Å². The van der Waals surface area contributed by atoms with Crippen LogP contribution < -0.4 is 5.56 Å². The lowest BCUT2D eigenvalue weighted by Crippen LogP contribution is -2.53. The molecule has 206 valence electrons. The molecular weight excluding hydrogens is 498 g/mol. The van der Waals surface area contributed by atoms with Crippen molar-refractivity contribution >= 4 is 23.0 Å². The zero-order valence-corrected chi connectivity index (χ0v) is 22.0. The molecule has 0 radical (unpaired) electrons. The Balaban J connectivity index is 1.13. The number of carbonyl (C=O) groups is 2. The van der Waals surface area contributed by atoms with Gasteiger partial charge in [0, 0.05) is 50.8 Å². The SMILES string of the molecule is O=C(O)N1CC[C@@H](C(=O)N2CCC(O)(Cn3cnc4c(ccn4CC4CC4)c3=O)CC2)[C@H](c2ccccc2)C1. The first-order valence-corrected chi connectivity index (χ1v) is 13.9. The fourth-order valence-corrected chi connectivity index (χ4v) is 6.26. The minimum atomic E-state index is -1.11. The summed E-state index contributed by atoms with van der Waals surface area (Å²) in [4.78, 5) is 46.2. The predicted molar refractivity (Wildman–Crippen MR) is 144 cm³/mol. The Morgan fingerprint density at radius 1 is 0.974 bits per heavy atom. The van der Waals surface area contributed by atoms with E-state index in [-0.39, 0.29) is 36.4 Å². The standard InChI is InChI=1S/C29H35N5O5/c35-26(22-8-13-33(28(37)38)17-24(22)21-4-2-1-3-5-21)31-14-10-29(39,11-15-31)18-34-19-30-25-23(27(34)36)9-12-32(25)16-20-6-7-20/h1-5,9,12,19-20,22,24,39H,6-8,10-11,13-18H2,(H,37,38)/t22-,24+/m1/s1. The summed E-state index contributed by atoms with van der Waals surface area (Å²) >= 11 is 0. The summed E-state index contributed by atoms with van der Waals surface area (Å²) in [6.07, 6.45) is 6.11. The number of benzene rings is 1. The molecule has 1 saturated carbocycles. The lowest BCUT2D eigenvalue weighted by Gasteiger charge is -2.42. The maximum Gasteiger partial charge on any atom is 0.407 e. The quantitative estimate of drug-likeness (QED) is 0.503. The molecule has 3 aliphatic rings. The summed E-state index contributed by atoms with van der Waals surface area (Å²) in [6, 6.07) is 11.4. The van der Waals surface area contributed by atoms with Crippen molar-refractivity contribution in [1.29, 1.82) is 0 Å². The van der Waals surface area contributed by atoms with Gasteiger partial charge in [-0.25, -0.2) is 9.78 Å². The number of carbonyl (C=O) groups excluding carboxylic acids is 1. The van der Waals surface area contributed by atoms with E-state index in [2.05, 4.69) is 4.98 Å². The largest absolute Gasteiger partial charge is 0.465 e. The minimum absolute atomic E-state index is 0.00759. The van der Waals surface area contributed by atoms with Crippen LogP contribution in [0.1, 0.15) is 43.6 Å². The summed E-state index contributed by atoms with van der Waals surface area (Å²) in [5, 5.41) is 21.5. The third-order valence-corrected chi connectivity index (χ3v) is 8.80. The Morgan fingerprint density at radius 3 is 2.41 bits per heavy atom. The van der Waals surface area contributed by atoms with Gasteiger partial charge in [-0.2, -0.15) is 0 Å². The van der Waals surface area contributed by atoms with Gasteiger partial charge in [0.05, 0.1) is 17.5 Å². The molecule has 3 aromatic rings. The normalized spacial score (nSPS) is 23.2. The molecule has 10 heteroatoms. The van der Waals surface area contributed by atoms with Crippen molar-refractivity contribution in [1.82, 2.24) is 23.9 Å². The topological polar surface area (TPSA) is 121 Å². The second-order valence-corrected chi connectivity index (χ2v) is 11.5. The van der Waals surface area contributed by atoms with E-state index < -0.39 is 11.7 Å². The van der Waals surface area contributed by atoms with Gasteiger partial charge < -0.3 is 24.6 Å². The fourth-order valence-electron chi connectivity index (χ4n) is 6.26. The average Bonchev–Trinajstić information content (AvgIpc) is 3.68. The summed E-state index contributed by atoms with van der Waals surface area (Å²) in [5.41, 5.74) is 0.385. The van der Waals surface area contributed by atoms with Gasteiger partial charge in [0.1, 0.15) is 12.0 Å². The Bertz CT molecular complexity index is 1420. The number of hydrogen-bond acceptors (Lipinski definition) is 5. The zero-order chi connectivity index (χ0) is 27.1. The molecule has 0 bridgehead atoms. The first-order chi connectivity index (χ1) is 18.8. The highest BCUT2D eigenvalue weighted by Crippen LogP contribution is 2.35. The van der Waals surface area contributed by atoms with Crippen LogP contribution in [0.3, 0.4) is 0 Å². The molecule has 4 heterocycles. The first-order valence-electron chi connectivity index (χ1n) is 13.9. The van der Waals surface area contributed by atoms with Gasteiger partial charge in [-0.05, 0) is 49.7 Å². The molecule has 2 aromatic heterocycles. The monoisotopic (exact) mass is 533 g/mol. The lowest BCUT2D eigenvalue weighted by atomic mass is 9.79. The molecule has 2 atom stereocenters. The van der Waals surface area contributed by atoms with E-state index in [1.807, 2.05) is 47.2 Å². The summed E-state index contributed by atoms with van der Waals surface area (Å²) in [7, 11) is 0. The van der Waals surface area contributed by atoms with E-state index in [0.29, 0.717) is 55.8 Å². The van der Waals surface area contributed by atoms with Gasteiger partial charge in [0.25, 0.3) is 5.56 Å². The highest BCUT2D eigenvalue weighted by molar-refractivity contribution is 5.81. The highest BCUT2D eigenvalue weighted by Gasteiger charge is 2.41. The number of aliphatic hydroxyl groups is 1. The third-order valence-electron chi connectivity index (χ3n) is 8.80. The first kappa shape index (κ1) is 25.6. The van der Waals surface area contributed by atoms with Gasteiger partial charge in [-0.15, -0.1) is 0 Å². The number of amides is 2. The van der Waals surface area contributed by atoms with Crippen molar-refractivity contribution in [3.63, 3.8) is 0 Å². The smallest absolute Gasteiger partial charge is 0.407 e. The Hall–Kier alpha value is -3.66. The summed E-state index contributed by atoms with van der Waals surface area (Å²) < 4.78 is 3.54. The Kier molecular flexibility index (Phi) is 6.66. The van der Waals surface area contributed by atoms with Crippen LogP contribution in [0.5, 0.6) is 0 Å². The molecule has 3 fully saturated rings. The number of likely N-dealkylation sites (tertiary alicyclic amines) is 2. The second-order valence-electron chi connectivity index (χ2n) is 11.5. The number of rotatable bonds is 6. The molecule has 0 spiro atoms. The van der Waals surface area contributed by atoms with E-state index in [0.717, 1.165) is 12.1 Å².